The lowest BCUT2D eigenvalue weighted by atomic mass is 10.1. The first-order chi connectivity index (χ1) is 7.27. The van der Waals surface area contributed by atoms with Crippen molar-refractivity contribution in [3.8, 4) is 0 Å². The lowest BCUT2D eigenvalue weighted by Gasteiger charge is -2.35. The maximum atomic E-state index is 11.7. The molecule has 2 aliphatic rings. The monoisotopic (exact) mass is 211 g/mol. The van der Waals surface area contributed by atoms with Gasteiger partial charge in [-0.3, -0.25) is 9.69 Å². The second-order valence-electron chi connectivity index (χ2n) is 4.63. The van der Waals surface area contributed by atoms with Crippen LogP contribution >= 0.6 is 0 Å². The minimum atomic E-state index is 0.308. The number of nitrogens with one attached hydrogen (secondary N) is 1. The average molecular weight is 211 g/mol. The Balaban J connectivity index is 1.74. The minimum Gasteiger partial charge on any atom is -0.341 e. The van der Waals surface area contributed by atoms with Gasteiger partial charge in [-0.05, 0) is 39.4 Å². The van der Waals surface area contributed by atoms with Crippen molar-refractivity contribution in [1.82, 2.24) is 15.1 Å². The van der Waals surface area contributed by atoms with Crippen LogP contribution in [0.2, 0.25) is 0 Å². The topological polar surface area (TPSA) is 35.6 Å². The first-order valence-electron chi connectivity index (χ1n) is 5.96. The van der Waals surface area contributed by atoms with E-state index in [1.54, 1.807) is 0 Å². The molecule has 2 fully saturated rings. The van der Waals surface area contributed by atoms with Crippen LogP contribution < -0.4 is 5.32 Å². The van der Waals surface area contributed by atoms with E-state index in [4.69, 9.17) is 0 Å². The second kappa shape index (κ2) is 4.94. The summed E-state index contributed by atoms with van der Waals surface area (Å²) in [5.41, 5.74) is 0. The summed E-state index contributed by atoms with van der Waals surface area (Å²) >= 11 is 0. The van der Waals surface area contributed by atoms with E-state index in [0.717, 1.165) is 26.2 Å². The zero-order valence-corrected chi connectivity index (χ0v) is 9.54. The molecule has 86 valence electrons. The Bertz CT molecular complexity index is 222. The fourth-order valence-electron chi connectivity index (χ4n) is 2.26. The van der Waals surface area contributed by atoms with Gasteiger partial charge in [-0.2, -0.15) is 0 Å². The molecule has 0 aliphatic carbocycles. The maximum Gasteiger partial charge on any atom is 0.236 e. The number of nitrogens with zero attached hydrogens (tertiary/aromatic N) is 2. The predicted octanol–water partition coefficient (Wildman–Crippen LogP) is -0.0975. The fraction of sp³-hybridized carbons (Fsp3) is 0.909. The van der Waals surface area contributed by atoms with Crippen LogP contribution in [0.15, 0.2) is 0 Å². The fourth-order valence-corrected chi connectivity index (χ4v) is 2.26. The van der Waals surface area contributed by atoms with Crippen LogP contribution in [-0.2, 0) is 4.79 Å². The Morgan fingerprint density at radius 3 is 2.60 bits per heavy atom. The van der Waals surface area contributed by atoms with E-state index in [1.165, 1.54) is 19.3 Å². The summed E-state index contributed by atoms with van der Waals surface area (Å²) in [6.45, 7) is 4.72. The predicted molar refractivity (Wildman–Crippen MR) is 59.7 cm³/mol. The van der Waals surface area contributed by atoms with Crippen molar-refractivity contribution in [2.24, 2.45) is 0 Å². The number of carbonyl (C=O) groups excluding carboxylic acids is 1. The largest absolute Gasteiger partial charge is 0.341 e. The van der Waals surface area contributed by atoms with Crippen molar-refractivity contribution in [3.05, 3.63) is 0 Å². The van der Waals surface area contributed by atoms with Gasteiger partial charge in [-0.1, -0.05) is 0 Å². The Morgan fingerprint density at radius 1 is 1.40 bits per heavy atom. The number of hydrogen-bond acceptors (Lipinski definition) is 3. The van der Waals surface area contributed by atoms with Crippen LogP contribution in [0.3, 0.4) is 0 Å². The van der Waals surface area contributed by atoms with Gasteiger partial charge < -0.3 is 10.2 Å². The Kier molecular flexibility index (Phi) is 3.59. The molecule has 2 heterocycles. The van der Waals surface area contributed by atoms with Gasteiger partial charge in [0.1, 0.15) is 0 Å². The highest BCUT2D eigenvalue weighted by molar-refractivity contribution is 5.78. The zero-order chi connectivity index (χ0) is 10.7. The molecule has 1 N–H and O–H groups in total. The van der Waals surface area contributed by atoms with E-state index in [-0.39, 0.29) is 0 Å². The van der Waals surface area contributed by atoms with Gasteiger partial charge in [0.05, 0.1) is 6.54 Å². The van der Waals surface area contributed by atoms with Crippen LogP contribution in [0.25, 0.3) is 0 Å². The third-order valence-corrected chi connectivity index (χ3v) is 3.53. The number of likely N-dealkylation sites (tertiary alicyclic amines) is 1. The van der Waals surface area contributed by atoms with Crippen molar-refractivity contribution < 1.29 is 4.79 Å². The van der Waals surface area contributed by atoms with Gasteiger partial charge >= 0.3 is 0 Å². The number of likely N-dealkylation sites (N-methyl/N-ethyl adjacent to an activating group) is 1. The Labute approximate surface area is 91.6 Å². The summed E-state index contributed by atoms with van der Waals surface area (Å²) in [4.78, 5) is 15.9. The minimum absolute atomic E-state index is 0.308. The van der Waals surface area contributed by atoms with E-state index < -0.39 is 0 Å². The third-order valence-electron chi connectivity index (χ3n) is 3.53. The number of rotatable bonds is 3. The highest BCUT2D eigenvalue weighted by Crippen LogP contribution is 2.11. The van der Waals surface area contributed by atoms with E-state index in [1.807, 2.05) is 4.90 Å². The van der Waals surface area contributed by atoms with E-state index in [0.29, 0.717) is 18.5 Å². The van der Waals surface area contributed by atoms with Crippen molar-refractivity contribution in [2.75, 3.05) is 39.8 Å². The molecule has 1 amide bonds. The SMILES string of the molecule is CN(CC(=O)N1CCC1)C1CCNCC1. The highest BCUT2D eigenvalue weighted by atomic mass is 16.2. The van der Waals surface area contributed by atoms with Crippen LogP contribution in [0.1, 0.15) is 19.3 Å². The summed E-state index contributed by atoms with van der Waals surface area (Å²) in [5.74, 6) is 0.308. The molecule has 4 nitrogen and oxygen atoms in total. The van der Waals surface area contributed by atoms with E-state index >= 15 is 0 Å². The Morgan fingerprint density at radius 2 is 2.07 bits per heavy atom. The molecule has 0 aromatic rings. The van der Waals surface area contributed by atoms with Gasteiger partial charge in [0.25, 0.3) is 0 Å². The molecule has 0 unspecified atom stereocenters. The molecule has 2 saturated heterocycles. The van der Waals surface area contributed by atoms with Crippen LogP contribution in [-0.4, -0.2) is 61.5 Å². The molecule has 0 aromatic heterocycles. The summed E-state index contributed by atoms with van der Waals surface area (Å²) in [5, 5.41) is 3.35. The zero-order valence-electron chi connectivity index (χ0n) is 9.54. The number of hydrogen-bond donors (Lipinski definition) is 1. The summed E-state index contributed by atoms with van der Waals surface area (Å²) in [7, 11) is 2.08. The normalized spacial score (nSPS) is 22.9. The molecule has 0 spiro atoms. The molecule has 0 radical (unpaired) electrons. The first-order valence-corrected chi connectivity index (χ1v) is 5.96. The Hall–Kier alpha value is -0.610. The maximum absolute atomic E-state index is 11.7. The van der Waals surface area contributed by atoms with Gasteiger partial charge in [0, 0.05) is 19.1 Å². The van der Waals surface area contributed by atoms with Crippen LogP contribution in [0.4, 0.5) is 0 Å². The van der Waals surface area contributed by atoms with Crippen LogP contribution in [0, 0.1) is 0 Å². The second-order valence-corrected chi connectivity index (χ2v) is 4.63. The molecular weight excluding hydrogens is 190 g/mol. The average Bonchev–Trinajstić information content (AvgIpc) is 2.16. The molecule has 2 aliphatic heterocycles. The van der Waals surface area contributed by atoms with Crippen molar-refractivity contribution in [2.45, 2.75) is 25.3 Å². The molecule has 0 atom stereocenters. The smallest absolute Gasteiger partial charge is 0.236 e. The highest BCUT2D eigenvalue weighted by Gasteiger charge is 2.24. The summed E-state index contributed by atoms with van der Waals surface area (Å²) in [6, 6.07) is 0.594. The lowest BCUT2D eigenvalue weighted by Crippen LogP contribution is -2.49. The molecular formula is C11H21N3O. The van der Waals surface area contributed by atoms with Crippen LogP contribution in [0.5, 0.6) is 0 Å². The molecule has 15 heavy (non-hydrogen) atoms. The number of carbonyl (C=O) groups is 1. The molecule has 2 rings (SSSR count). The molecule has 4 heteroatoms. The molecule has 0 aromatic carbocycles. The molecule has 0 saturated carbocycles. The van der Waals surface area contributed by atoms with Crippen molar-refractivity contribution in [1.29, 1.82) is 0 Å². The quantitative estimate of drug-likeness (QED) is 0.708. The van der Waals surface area contributed by atoms with Gasteiger partial charge in [-0.15, -0.1) is 0 Å². The first kappa shape index (κ1) is 10.9. The third kappa shape index (κ3) is 2.69. The number of amides is 1. The van der Waals surface area contributed by atoms with Crippen molar-refractivity contribution in [3.63, 3.8) is 0 Å². The lowest BCUT2D eigenvalue weighted by molar-refractivity contribution is -0.136. The summed E-state index contributed by atoms with van der Waals surface area (Å²) in [6.07, 6.45) is 3.52. The standard InChI is InChI=1S/C11H21N3O/c1-13(10-3-5-12-6-4-10)9-11(15)14-7-2-8-14/h10,12H,2-9H2,1H3. The van der Waals surface area contributed by atoms with E-state index in [2.05, 4.69) is 17.3 Å². The van der Waals surface area contributed by atoms with E-state index in [9.17, 15) is 4.79 Å². The van der Waals surface area contributed by atoms with Gasteiger partial charge in [0.15, 0.2) is 0 Å². The molecule has 0 bridgehead atoms. The summed E-state index contributed by atoms with van der Waals surface area (Å²) < 4.78 is 0. The number of piperidine rings is 1. The van der Waals surface area contributed by atoms with Crippen molar-refractivity contribution >= 4 is 5.91 Å². The van der Waals surface area contributed by atoms with Gasteiger partial charge in [-0.25, -0.2) is 0 Å². The van der Waals surface area contributed by atoms with Gasteiger partial charge in [0.2, 0.25) is 5.91 Å².